The summed E-state index contributed by atoms with van der Waals surface area (Å²) in [4.78, 5) is 0. The SMILES string of the molecule is CCOC(CCCCCCc1c(F)cc(F)cc1F)(O[SiH3])OCC. The van der Waals surface area contributed by atoms with Crippen molar-refractivity contribution >= 4 is 10.5 Å². The highest BCUT2D eigenvalue weighted by atomic mass is 28.2. The normalized spacial score (nSPS) is 12.0. The molecule has 1 rings (SSSR count). The Hall–Kier alpha value is -0.893. The third-order valence-electron chi connectivity index (χ3n) is 3.81. The van der Waals surface area contributed by atoms with Crippen LogP contribution in [0.15, 0.2) is 12.1 Å². The van der Waals surface area contributed by atoms with Crippen molar-refractivity contribution in [2.24, 2.45) is 0 Å². The van der Waals surface area contributed by atoms with E-state index in [1.165, 1.54) is 0 Å². The van der Waals surface area contributed by atoms with Crippen molar-refractivity contribution in [2.45, 2.75) is 58.3 Å². The van der Waals surface area contributed by atoms with Crippen LogP contribution in [0.1, 0.15) is 51.5 Å². The molecule has 0 heterocycles. The van der Waals surface area contributed by atoms with Crippen molar-refractivity contribution in [3.8, 4) is 0 Å². The van der Waals surface area contributed by atoms with Crippen molar-refractivity contribution in [3.05, 3.63) is 35.1 Å². The summed E-state index contributed by atoms with van der Waals surface area (Å²) >= 11 is 0. The Kier molecular flexibility index (Phi) is 9.58. The summed E-state index contributed by atoms with van der Waals surface area (Å²) in [6, 6.07) is 1.44. The number of rotatable bonds is 12. The van der Waals surface area contributed by atoms with Crippen LogP contribution in [-0.2, 0) is 20.3 Å². The van der Waals surface area contributed by atoms with Crippen LogP contribution in [0.3, 0.4) is 0 Å². The number of benzene rings is 1. The van der Waals surface area contributed by atoms with Gasteiger partial charge in [0, 0.05) is 37.3 Å². The predicted molar refractivity (Wildman–Crippen MR) is 90.1 cm³/mol. The van der Waals surface area contributed by atoms with Gasteiger partial charge in [0.05, 0.1) is 0 Å². The van der Waals surface area contributed by atoms with Gasteiger partial charge >= 0.3 is 0 Å². The molecule has 0 amide bonds. The third-order valence-corrected chi connectivity index (χ3v) is 4.43. The van der Waals surface area contributed by atoms with Gasteiger partial charge in [-0.05, 0) is 33.1 Å². The zero-order valence-electron chi connectivity index (χ0n) is 14.7. The van der Waals surface area contributed by atoms with E-state index in [1.807, 2.05) is 13.8 Å². The summed E-state index contributed by atoms with van der Waals surface area (Å²) in [7, 11) is 0.511. The summed E-state index contributed by atoms with van der Waals surface area (Å²) in [6.45, 7) is 4.79. The maximum absolute atomic E-state index is 13.5. The van der Waals surface area contributed by atoms with E-state index >= 15 is 0 Å². The number of hydrogen-bond donors (Lipinski definition) is 0. The summed E-state index contributed by atoms with van der Waals surface area (Å²) in [6.07, 6.45) is 4.03. The highest BCUT2D eigenvalue weighted by Crippen LogP contribution is 2.23. The minimum atomic E-state index is -0.953. The predicted octanol–water partition coefficient (Wildman–Crippen LogP) is 3.62. The van der Waals surface area contributed by atoms with Gasteiger partial charge in [-0.1, -0.05) is 12.8 Å². The summed E-state index contributed by atoms with van der Waals surface area (Å²) in [5.41, 5.74) is -0.0442. The number of hydrogen-bond acceptors (Lipinski definition) is 3. The summed E-state index contributed by atoms with van der Waals surface area (Å²) in [5.74, 6) is -3.47. The van der Waals surface area contributed by atoms with E-state index in [-0.39, 0.29) is 12.0 Å². The molecule has 0 radical (unpaired) electrons. The maximum Gasteiger partial charge on any atom is 0.272 e. The Balaban J connectivity index is 2.36. The molecule has 0 aliphatic heterocycles. The fourth-order valence-electron chi connectivity index (χ4n) is 2.65. The Labute approximate surface area is 145 Å². The maximum atomic E-state index is 13.5. The van der Waals surface area contributed by atoms with Gasteiger partial charge in [-0.3, -0.25) is 0 Å². The molecule has 0 bridgehead atoms. The van der Waals surface area contributed by atoms with Gasteiger partial charge in [0.2, 0.25) is 0 Å². The lowest BCUT2D eigenvalue weighted by Crippen LogP contribution is -2.38. The molecule has 3 nitrogen and oxygen atoms in total. The van der Waals surface area contributed by atoms with E-state index in [2.05, 4.69) is 0 Å². The van der Waals surface area contributed by atoms with Crippen molar-refractivity contribution in [1.29, 1.82) is 0 Å². The van der Waals surface area contributed by atoms with E-state index in [4.69, 9.17) is 13.9 Å². The molecular weight excluding hydrogens is 337 g/mol. The molecule has 0 spiro atoms. The average Bonchev–Trinajstić information content (AvgIpc) is 2.52. The van der Waals surface area contributed by atoms with E-state index in [0.717, 1.165) is 31.4 Å². The minimum Gasteiger partial charge on any atom is -0.380 e. The molecule has 0 saturated carbocycles. The molecule has 7 heteroatoms. The van der Waals surface area contributed by atoms with Gasteiger partial charge in [-0.15, -0.1) is 0 Å². The number of ether oxygens (including phenoxy) is 2. The smallest absolute Gasteiger partial charge is 0.272 e. The first-order chi connectivity index (χ1) is 11.5. The highest BCUT2D eigenvalue weighted by Gasteiger charge is 2.29. The fourth-order valence-corrected chi connectivity index (χ4v) is 3.09. The summed E-state index contributed by atoms with van der Waals surface area (Å²) < 4.78 is 56.6. The largest absolute Gasteiger partial charge is 0.380 e. The molecule has 0 aliphatic rings. The molecule has 0 fully saturated rings. The van der Waals surface area contributed by atoms with Gasteiger partial charge < -0.3 is 13.9 Å². The molecule has 24 heavy (non-hydrogen) atoms. The second-order valence-corrected chi connectivity index (χ2v) is 5.92. The Morgan fingerprint density at radius 1 is 0.917 bits per heavy atom. The van der Waals surface area contributed by atoms with Gasteiger partial charge in [0.15, 0.2) is 10.5 Å². The summed E-state index contributed by atoms with van der Waals surface area (Å²) in [5, 5.41) is 0. The van der Waals surface area contributed by atoms with Gasteiger partial charge in [0.25, 0.3) is 5.97 Å². The zero-order valence-corrected chi connectivity index (χ0v) is 16.7. The van der Waals surface area contributed by atoms with E-state index < -0.39 is 23.4 Å². The molecule has 0 N–H and O–H groups in total. The molecule has 0 atom stereocenters. The van der Waals surface area contributed by atoms with Crippen molar-refractivity contribution < 1.29 is 27.1 Å². The number of halogens is 3. The van der Waals surface area contributed by atoms with Gasteiger partial charge in [0.1, 0.15) is 17.5 Å². The first-order valence-corrected chi connectivity index (χ1v) is 9.26. The van der Waals surface area contributed by atoms with Gasteiger partial charge in [-0.2, -0.15) is 0 Å². The monoisotopic (exact) mass is 364 g/mol. The topological polar surface area (TPSA) is 27.7 Å². The van der Waals surface area contributed by atoms with Gasteiger partial charge in [-0.25, -0.2) is 13.2 Å². The quantitative estimate of drug-likeness (QED) is 0.322. The molecule has 1 aromatic carbocycles. The van der Waals surface area contributed by atoms with Crippen molar-refractivity contribution in [2.75, 3.05) is 13.2 Å². The lowest BCUT2D eigenvalue weighted by atomic mass is 10.0. The molecule has 0 aromatic heterocycles. The zero-order chi connectivity index (χ0) is 18.0. The van der Waals surface area contributed by atoms with Crippen LogP contribution < -0.4 is 0 Å². The Bertz CT molecular complexity index is 471. The van der Waals surface area contributed by atoms with Crippen LogP contribution in [0.5, 0.6) is 0 Å². The molecular formula is C17H27F3O3Si. The van der Waals surface area contributed by atoms with E-state index in [1.54, 1.807) is 0 Å². The Morgan fingerprint density at radius 3 is 1.96 bits per heavy atom. The number of unbranched alkanes of at least 4 members (excludes halogenated alkanes) is 3. The van der Waals surface area contributed by atoms with Crippen molar-refractivity contribution in [3.63, 3.8) is 0 Å². The van der Waals surface area contributed by atoms with Crippen LogP contribution >= 0.6 is 0 Å². The molecule has 138 valence electrons. The lowest BCUT2D eigenvalue weighted by molar-refractivity contribution is -0.344. The van der Waals surface area contributed by atoms with Crippen LogP contribution in [0.2, 0.25) is 0 Å². The van der Waals surface area contributed by atoms with Crippen LogP contribution in [-0.4, -0.2) is 29.7 Å². The Morgan fingerprint density at radius 2 is 1.46 bits per heavy atom. The molecule has 0 unspecified atom stereocenters. The van der Waals surface area contributed by atoms with Crippen molar-refractivity contribution in [1.82, 2.24) is 0 Å². The lowest BCUT2D eigenvalue weighted by Gasteiger charge is -2.31. The minimum absolute atomic E-state index is 0.0442. The first-order valence-electron chi connectivity index (χ1n) is 8.44. The average molecular weight is 364 g/mol. The first kappa shape index (κ1) is 21.2. The fraction of sp³-hybridized carbons (Fsp3) is 0.647. The van der Waals surface area contributed by atoms with Crippen LogP contribution in [0.4, 0.5) is 13.2 Å². The molecule has 0 saturated heterocycles. The van der Waals surface area contributed by atoms with Crippen LogP contribution in [0.25, 0.3) is 0 Å². The third kappa shape index (κ3) is 6.55. The van der Waals surface area contributed by atoms with E-state index in [9.17, 15) is 13.2 Å². The second kappa shape index (κ2) is 10.9. The van der Waals surface area contributed by atoms with Crippen LogP contribution in [0, 0.1) is 17.5 Å². The molecule has 0 aliphatic carbocycles. The second-order valence-electron chi connectivity index (χ2n) is 5.52. The highest BCUT2D eigenvalue weighted by molar-refractivity contribution is 5.98. The molecule has 1 aromatic rings. The van der Waals surface area contributed by atoms with E-state index in [0.29, 0.717) is 36.5 Å². The standard InChI is InChI=1S/C17H27F3O3Si/c1-3-21-17(23-24,22-4-2)10-8-6-5-7-9-14-15(19)11-13(18)12-16(14)20/h11-12H,3-10H2,1-2,24H3.